The zero-order chi connectivity index (χ0) is 21.1. The third-order valence-corrected chi connectivity index (χ3v) is 5.76. The second kappa shape index (κ2) is 9.37. The SMILES string of the molecule is COc1cccc(Cc2nc3c(c(N4CCOCC4)n2)CN(C(=O)C(Cl)Cl)CC3)c1. The number of aromatic nitrogens is 2. The van der Waals surface area contributed by atoms with Crippen LogP contribution in [0.25, 0.3) is 0 Å². The molecule has 1 aromatic carbocycles. The minimum Gasteiger partial charge on any atom is -0.497 e. The normalized spacial score (nSPS) is 16.5. The van der Waals surface area contributed by atoms with E-state index in [4.69, 9.17) is 42.6 Å². The summed E-state index contributed by atoms with van der Waals surface area (Å²) in [7, 11) is 1.66. The van der Waals surface area contributed by atoms with E-state index in [1.807, 2.05) is 24.3 Å². The number of amides is 1. The first kappa shape index (κ1) is 21.2. The number of methoxy groups -OCH3 is 1. The molecule has 2 aliphatic rings. The van der Waals surface area contributed by atoms with Crippen molar-refractivity contribution in [2.75, 3.05) is 44.9 Å². The zero-order valence-electron chi connectivity index (χ0n) is 16.8. The molecule has 0 spiro atoms. The van der Waals surface area contributed by atoms with E-state index >= 15 is 0 Å². The van der Waals surface area contributed by atoms with Crippen molar-refractivity contribution in [3.63, 3.8) is 0 Å². The lowest BCUT2D eigenvalue weighted by Crippen LogP contribution is -2.42. The van der Waals surface area contributed by atoms with Crippen LogP contribution in [-0.4, -0.2) is 65.6 Å². The van der Waals surface area contributed by atoms with E-state index in [0.717, 1.165) is 47.3 Å². The van der Waals surface area contributed by atoms with E-state index < -0.39 is 4.84 Å². The van der Waals surface area contributed by atoms with Gasteiger partial charge in [-0.25, -0.2) is 9.97 Å². The molecular formula is C21H24Cl2N4O3. The van der Waals surface area contributed by atoms with Gasteiger partial charge in [-0.05, 0) is 17.7 Å². The molecule has 4 rings (SSSR count). The van der Waals surface area contributed by atoms with Crippen molar-refractivity contribution in [2.24, 2.45) is 0 Å². The fraction of sp³-hybridized carbons (Fsp3) is 0.476. The molecule has 9 heteroatoms. The average molecular weight is 451 g/mol. The summed E-state index contributed by atoms with van der Waals surface area (Å²) < 4.78 is 10.8. The number of alkyl halides is 2. The van der Waals surface area contributed by atoms with Gasteiger partial charge in [0.1, 0.15) is 17.4 Å². The predicted octanol–water partition coefficient (Wildman–Crippen LogP) is 2.60. The van der Waals surface area contributed by atoms with E-state index in [1.54, 1.807) is 12.0 Å². The second-order valence-corrected chi connectivity index (χ2v) is 8.42. The predicted molar refractivity (Wildman–Crippen MR) is 115 cm³/mol. The maximum Gasteiger partial charge on any atom is 0.256 e. The standard InChI is InChI=1S/C21H24Cl2N4O3/c1-29-15-4-2-3-14(11-15)12-18-24-17-5-6-27(21(28)19(22)23)13-16(17)20(25-18)26-7-9-30-10-8-26/h2-4,11,19H,5-10,12-13H2,1H3. The van der Waals surface area contributed by atoms with Gasteiger partial charge in [0.2, 0.25) is 0 Å². The molecule has 0 atom stereocenters. The molecule has 1 aromatic heterocycles. The lowest BCUT2D eigenvalue weighted by atomic mass is 10.0. The Kier molecular flexibility index (Phi) is 6.61. The zero-order valence-corrected chi connectivity index (χ0v) is 18.3. The van der Waals surface area contributed by atoms with Gasteiger partial charge >= 0.3 is 0 Å². The number of fused-ring (bicyclic) bond motifs is 1. The maximum absolute atomic E-state index is 12.3. The van der Waals surface area contributed by atoms with E-state index in [0.29, 0.717) is 39.1 Å². The Morgan fingerprint density at radius 2 is 2.03 bits per heavy atom. The Bertz CT molecular complexity index is 919. The summed E-state index contributed by atoms with van der Waals surface area (Å²) >= 11 is 11.6. The van der Waals surface area contributed by atoms with Crippen LogP contribution in [0.5, 0.6) is 5.75 Å². The van der Waals surface area contributed by atoms with Crippen LogP contribution < -0.4 is 9.64 Å². The highest BCUT2D eigenvalue weighted by atomic mass is 35.5. The number of anilines is 1. The van der Waals surface area contributed by atoms with Crippen LogP contribution in [0, 0.1) is 0 Å². The molecule has 2 aliphatic heterocycles. The quantitative estimate of drug-likeness (QED) is 0.652. The molecule has 1 fully saturated rings. The summed E-state index contributed by atoms with van der Waals surface area (Å²) in [6.45, 7) is 3.76. The van der Waals surface area contributed by atoms with E-state index in [2.05, 4.69) is 4.90 Å². The molecular weight excluding hydrogens is 427 g/mol. The number of hydrogen-bond donors (Lipinski definition) is 0. The minimum absolute atomic E-state index is 0.280. The van der Waals surface area contributed by atoms with Crippen molar-refractivity contribution < 1.29 is 14.3 Å². The smallest absolute Gasteiger partial charge is 0.256 e. The van der Waals surface area contributed by atoms with Crippen LogP contribution in [0.3, 0.4) is 0 Å². The number of rotatable bonds is 5. The molecule has 0 radical (unpaired) electrons. The first-order valence-corrected chi connectivity index (χ1v) is 10.8. The van der Waals surface area contributed by atoms with Gasteiger partial charge in [-0.3, -0.25) is 4.79 Å². The summed E-state index contributed by atoms with van der Waals surface area (Å²) in [6.07, 6.45) is 1.25. The van der Waals surface area contributed by atoms with Gasteiger partial charge in [-0.1, -0.05) is 35.3 Å². The highest BCUT2D eigenvalue weighted by Crippen LogP contribution is 2.29. The first-order valence-electron chi connectivity index (χ1n) is 9.96. The molecule has 1 saturated heterocycles. The van der Waals surface area contributed by atoms with Gasteiger partial charge in [0.25, 0.3) is 5.91 Å². The third kappa shape index (κ3) is 4.63. The number of nitrogens with zero attached hydrogens (tertiary/aromatic N) is 4. The van der Waals surface area contributed by atoms with Crippen LogP contribution >= 0.6 is 23.2 Å². The monoisotopic (exact) mass is 450 g/mol. The molecule has 7 nitrogen and oxygen atoms in total. The molecule has 30 heavy (non-hydrogen) atoms. The number of ether oxygens (including phenoxy) is 2. The second-order valence-electron chi connectivity index (χ2n) is 7.33. The summed E-state index contributed by atoms with van der Waals surface area (Å²) in [6, 6.07) is 7.93. The van der Waals surface area contributed by atoms with Crippen molar-refractivity contribution in [1.82, 2.24) is 14.9 Å². The first-order chi connectivity index (χ1) is 14.5. The van der Waals surface area contributed by atoms with Gasteiger partial charge in [0.05, 0.1) is 32.6 Å². The van der Waals surface area contributed by atoms with Crippen molar-refractivity contribution in [2.45, 2.75) is 24.2 Å². The number of carbonyl (C=O) groups excluding carboxylic acids is 1. The fourth-order valence-electron chi connectivity index (χ4n) is 3.85. The molecule has 0 bridgehead atoms. The van der Waals surface area contributed by atoms with Crippen LogP contribution in [0.15, 0.2) is 24.3 Å². The van der Waals surface area contributed by atoms with Crippen LogP contribution in [0.4, 0.5) is 5.82 Å². The van der Waals surface area contributed by atoms with E-state index in [-0.39, 0.29) is 5.91 Å². The number of carbonyl (C=O) groups is 1. The lowest BCUT2D eigenvalue weighted by Gasteiger charge is -2.34. The topological polar surface area (TPSA) is 67.8 Å². The molecule has 0 saturated carbocycles. The van der Waals surface area contributed by atoms with Gasteiger partial charge < -0.3 is 19.3 Å². The Hall–Kier alpha value is -2.09. The molecule has 160 valence electrons. The van der Waals surface area contributed by atoms with E-state index in [9.17, 15) is 4.79 Å². The van der Waals surface area contributed by atoms with Crippen molar-refractivity contribution >= 4 is 34.9 Å². The van der Waals surface area contributed by atoms with Gasteiger partial charge in [-0.2, -0.15) is 0 Å². The summed E-state index contributed by atoms with van der Waals surface area (Å²) in [5, 5.41) is 0. The van der Waals surface area contributed by atoms with Crippen LogP contribution in [0.1, 0.15) is 22.6 Å². The molecule has 1 amide bonds. The Labute approximate surface area is 185 Å². The van der Waals surface area contributed by atoms with Gasteiger partial charge in [0, 0.05) is 38.0 Å². The van der Waals surface area contributed by atoms with Crippen LogP contribution in [-0.2, 0) is 28.9 Å². The Balaban J connectivity index is 1.67. The van der Waals surface area contributed by atoms with Crippen LogP contribution in [0.2, 0.25) is 0 Å². The fourth-order valence-corrected chi connectivity index (χ4v) is 4.13. The van der Waals surface area contributed by atoms with Gasteiger partial charge in [-0.15, -0.1) is 0 Å². The lowest BCUT2D eigenvalue weighted by molar-refractivity contribution is -0.130. The summed E-state index contributed by atoms with van der Waals surface area (Å²) in [5.74, 6) is 2.16. The average Bonchev–Trinajstić information content (AvgIpc) is 2.78. The molecule has 0 aliphatic carbocycles. The molecule has 0 N–H and O–H groups in total. The molecule has 2 aromatic rings. The Morgan fingerprint density at radius 3 is 2.77 bits per heavy atom. The van der Waals surface area contributed by atoms with Crippen molar-refractivity contribution in [1.29, 1.82) is 0 Å². The minimum atomic E-state index is -1.06. The van der Waals surface area contributed by atoms with Crippen molar-refractivity contribution in [3.8, 4) is 5.75 Å². The maximum atomic E-state index is 12.3. The largest absolute Gasteiger partial charge is 0.497 e. The summed E-state index contributed by atoms with van der Waals surface area (Å²) in [4.78, 5) is 24.9. The highest BCUT2D eigenvalue weighted by Gasteiger charge is 2.30. The van der Waals surface area contributed by atoms with Gasteiger partial charge in [0.15, 0.2) is 4.84 Å². The summed E-state index contributed by atoms with van der Waals surface area (Å²) in [5.41, 5.74) is 3.04. The Morgan fingerprint density at radius 1 is 1.23 bits per heavy atom. The third-order valence-electron chi connectivity index (χ3n) is 5.39. The number of benzene rings is 1. The molecule has 0 unspecified atom stereocenters. The molecule has 3 heterocycles. The number of morpholine rings is 1. The van der Waals surface area contributed by atoms with Crippen molar-refractivity contribution in [3.05, 3.63) is 46.9 Å². The number of hydrogen-bond acceptors (Lipinski definition) is 6. The highest BCUT2D eigenvalue weighted by molar-refractivity contribution is 6.53. The van der Waals surface area contributed by atoms with E-state index in [1.165, 1.54) is 0 Å². The number of halogens is 2.